The summed E-state index contributed by atoms with van der Waals surface area (Å²) in [6.07, 6.45) is -6.24. The average molecular weight is 618 g/mol. The maximum atomic E-state index is 14.7. The number of piperidine rings is 1. The van der Waals surface area contributed by atoms with Crippen LogP contribution >= 0.6 is 18.5 Å². The molecule has 0 aliphatic carbocycles. The van der Waals surface area contributed by atoms with Crippen molar-refractivity contribution in [3.05, 3.63) is 46.8 Å². The van der Waals surface area contributed by atoms with Crippen molar-refractivity contribution in [1.82, 2.24) is 4.90 Å². The van der Waals surface area contributed by atoms with E-state index in [1.54, 1.807) is 18.2 Å². The number of anilines is 2. The predicted molar refractivity (Wildman–Crippen MR) is 154 cm³/mol. The summed E-state index contributed by atoms with van der Waals surface area (Å²) in [6.45, 7) is 0.772. The highest BCUT2D eigenvalue weighted by Crippen LogP contribution is 2.40. The van der Waals surface area contributed by atoms with Gasteiger partial charge in [0.1, 0.15) is 19.1 Å². The first-order valence-corrected chi connectivity index (χ1v) is 16.2. The van der Waals surface area contributed by atoms with Crippen LogP contribution in [0.15, 0.2) is 36.4 Å². The molecule has 2 heterocycles. The molecule has 1 unspecified atom stereocenters. The minimum atomic E-state index is -4.48. The molecule has 0 radical (unpaired) electrons. The molecular formula is C28H30F6N3O2PS. The van der Waals surface area contributed by atoms with Crippen LogP contribution in [0.1, 0.15) is 16.9 Å². The highest BCUT2D eigenvalue weighted by atomic mass is 32.1. The van der Waals surface area contributed by atoms with E-state index in [0.29, 0.717) is 34.0 Å². The molecule has 1 saturated heterocycles. The fourth-order valence-electron chi connectivity index (χ4n) is 4.63. The van der Waals surface area contributed by atoms with Crippen LogP contribution in [0.3, 0.4) is 0 Å². The van der Waals surface area contributed by atoms with Gasteiger partial charge in [-0.3, -0.25) is 0 Å². The van der Waals surface area contributed by atoms with Gasteiger partial charge in [-0.2, -0.15) is 22.0 Å². The van der Waals surface area contributed by atoms with Gasteiger partial charge in [-0.05, 0) is 62.0 Å². The first kappa shape index (κ1) is 31.1. The SMILES string of the molecule is CN1CCC(Nc2cccc3c(CC(F)(F)F)c(C#CCNc4ccc(P(C)(C)=O)cc4OC(F)F)sc23)[C@@H](F)C1. The molecule has 1 aromatic heterocycles. The number of halogens is 6. The number of hydrogen-bond acceptors (Lipinski definition) is 6. The van der Waals surface area contributed by atoms with Crippen molar-refractivity contribution in [2.24, 2.45) is 0 Å². The van der Waals surface area contributed by atoms with Crippen molar-refractivity contribution in [3.63, 3.8) is 0 Å². The summed E-state index contributed by atoms with van der Waals surface area (Å²) in [5.41, 5.74) is 0.757. The Labute approximate surface area is 238 Å². The van der Waals surface area contributed by atoms with Gasteiger partial charge in [0, 0.05) is 18.4 Å². The Morgan fingerprint density at radius 2 is 1.95 bits per heavy atom. The summed E-state index contributed by atoms with van der Waals surface area (Å²) in [5.74, 6) is 5.36. The summed E-state index contributed by atoms with van der Waals surface area (Å²) in [5, 5.41) is 6.79. The maximum absolute atomic E-state index is 14.7. The average Bonchev–Trinajstić information content (AvgIpc) is 3.20. The second-order valence-electron chi connectivity index (χ2n) is 10.3. The molecule has 0 amide bonds. The summed E-state index contributed by atoms with van der Waals surface area (Å²) in [6, 6.07) is 8.74. The molecule has 13 heteroatoms. The van der Waals surface area contributed by atoms with E-state index in [9.17, 15) is 30.9 Å². The van der Waals surface area contributed by atoms with Crippen molar-refractivity contribution >= 4 is 45.2 Å². The fourth-order valence-corrected chi connectivity index (χ4v) is 6.66. The lowest BCUT2D eigenvalue weighted by molar-refractivity contribution is -0.126. The van der Waals surface area contributed by atoms with Crippen LogP contribution in [0, 0.1) is 11.8 Å². The monoisotopic (exact) mass is 617 g/mol. The molecule has 0 saturated carbocycles. The Bertz CT molecular complexity index is 1490. The number of nitrogens with one attached hydrogen (secondary N) is 2. The standard InChI is InChI=1S/C28H30F6N3O2PS/c1-37-13-11-21(20(29)16-37)36-23-7-4-6-18-19(15-28(32,33)34)25(41-26(18)23)8-5-12-35-22-10-9-17(40(2,3)38)14-24(22)39-27(30)31/h4,6-7,9-10,14,20-21,27,35-36H,11-13,15-16H2,1-3H3/t20-,21?/m0/s1. The maximum Gasteiger partial charge on any atom is 0.393 e. The quantitative estimate of drug-likeness (QED) is 0.166. The highest BCUT2D eigenvalue weighted by Gasteiger charge is 2.32. The molecule has 2 aromatic carbocycles. The number of rotatable bonds is 8. The molecular weight excluding hydrogens is 587 g/mol. The number of hydrogen-bond donors (Lipinski definition) is 2. The third-order valence-electron chi connectivity index (χ3n) is 6.65. The van der Waals surface area contributed by atoms with Crippen molar-refractivity contribution in [3.8, 4) is 17.6 Å². The molecule has 2 N–H and O–H groups in total. The minimum Gasteiger partial charge on any atom is -0.433 e. The number of ether oxygens (including phenoxy) is 1. The first-order chi connectivity index (χ1) is 19.2. The lowest BCUT2D eigenvalue weighted by atomic mass is 10.0. The van der Waals surface area contributed by atoms with E-state index in [1.165, 1.54) is 31.5 Å². The van der Waals surface area contributed by atoms with E-state index < -0.39 is 38.6 Å². The zero-order chi connectivity index (χ0) is 29.9. The number of fused-ring (bicyclic) bond motifs is 1. The predicted octanol–water partition coefficient (Wildman–Crippen LogP) is 6.77. The Morgan fingerprint density at radius 1 is 1.20 bits per heavy atom. The van der Waals surface area contributed by atoms with Crippen LogP contribution in [0.2, 0.25) is 0 Å². The third kappa shape index (κ3) is 8.12. The molecule has 0 spiro atoms. The number of alkyl halides is 6. The van der Waals surface area contributed by atoms with Crippen molar-refractivity contribution in [2.75, 3.05) is 50.6 Å². The molecule has 0 bridgehead atoms. The van der Waals surface area contributed by atoms with Gasteiger partial charge in [-0.1, -0.05) is 24.0 Å². The summed E-state index contributed by atoms with van der Waals surface area (Å²) in [4.78, 5) is 2.10. The van der Waals surface area contributed by atoms with Crippen molar-refractivity contribution in [1.29, 1.82) is 0 Å². The van der Waals surface area contributed by atoms with Crippen LogP contribution in [0.4, 0.5) is 37.7 Å². The van der Waals surface area contributed by atoms with Crippen LogP contribution in [0.5, 0.6) is 5.75 Å². The van der Waals surface area contributed by atoms with Gasteiger partial charge in [-0.15, -0.1) is 11.3 Å². The molecule has 3 aromatic rings. The molecule has 1 aliphatic rings. The summed E-state index contributed by atoms with van der Waals surface area (Å²) < 4.78 is 98.7. The van der Waals surface area contributed by atoms with E-state index in [1.807, 2.05) is 11.9 Å². The van der Waals surface area contributed by atoms with Gasteiger partial charge in [0.25, 0.3) is 0 Å². The van der Waals surface area contributed by atoms with E-state index in [0.717, 1.165) is 11.3 Å². The zero-order valence-electron chi connectivity index (χ0n) is 22.6. The Morgan fingerprint density at radius 3 is 2.61 bits per heavy atom. The van der Waals surface area contributed by atoms with Gasteiger partial charge in [0.05, 0.1) is 40.0 Å². The van der Waals surface area contributed by atoms with Crippen LogP contribution in [0.25, 0.3) is 10.1 Å². The van der Waals surface area contributed by atoms with Crippen LogP contribution < -0.4 is 20.7 Å². The summed E-state index contributed by atoms with van der Waals surface area (Å²) >= 11 is 1.09. The molecule has 1 fully saturated rings. The first-order valence-electron chi connectivity index (χ1n) is 12.8. The number of likely N-dealkylation sites (tertiary alicyclic amines) is 1. The van der Waals surface area contributed by atoms with E-state index in [-0.39, 0.29) is 35.0 Å². The Hall–Kier alpha value is -2.87. The molecule has 222 valence electrons. The Balaban J connectivity index is 1.61. The molecule has 1 aliphatic heterocycles. The lowest BCUT2D eigenvalue weighted by Crippen LogP contribution is -2.46. The zero-order valence-corrected chi connectivity index (χ0v) is 24.3. The second kappa shape index (κ2) is 12.6. The smallest absolute Gasteiger partial charge is 0.393 e. The minimum absolute atomic E-state index is 0.0292. The van der Waals surface area contributed by atoms with Crippen molar-refractivity contribution < 1.29 is 35.6 Å². The summed E-state index contributed by atoms with van der Waals surface area (Å²) in [7, 11) is -0.904. The van der Waals surface area contributed by atoms with E-state index in [4.69, 9.17) is 0 Å². The molecule has 41 heavy (non-hydrogen) atoms. The third-order valence-corrected chi connectivity index (χ3v) is 9.37. The van der Waals surface area contributed by atoms with Crippen LogP contribution in [-0.4, -0.2) is 69.9 Å². The van der Waals surface area contributed by atoms with E-state index >= 15 is 0 Å². The normalized spacial score (nSPS) is 18.3. The number of benzene rings is 2. The topological polar surface area (TPSA) is 53.6 Å². The fraction of sp³-hybridized carbons (Fsp3) is 0.429. The molecule has 2 atom stereocenters. The van der Waals surface area contributed by atoms with Crippen LogP contribution in [-0.2, 0) is 11.0 Å². The van der Waals surface area contributed by atoms with Gasteiger partial charge < -0.3 is 24.8 Å². The van der Waals surface area contributed by atoms with Gasteiger partial charge >= 0.3 is 12.8 Å². The Kier molecular flexibility index (Phi) is 9.52. The van der Waals surface area contributed by atoms with Gasteiger partial charge in [-0.25, -0.2) is 4.39 Å². The number of nitrogens with zero attached hydrogens (tertiary/aromatic N) is 1. The lowest BCUT2D eigenvalue weighted by Gasteiger charge is -2.33. The number of thiophene rings is 1. The second-order valence-corrected chi connectivity index (χ2v) is 14.5. The molecule has 4 rings (SSSR count). The van der Waals surface area contributed by atoms with Gasteiger partial charge in [0.15, 0.2) is 0 Å². The van der Waals surface area contributed by atoms with E-state index in [2.05, 4.69) is 27.2 Å². The molecule has 5 nitrogen and oxygen atoms in total. The highest BCUT2D eigenvalue weighted by molar-refractivity contribution is 7.70. The van der Waals surface area contributed by atoms with Gasteiger partial charge in [0.2, 0.25) is 0 Å². The largest absolute Gasteiger partial charge is 0.433 e. The van der Waals surface area contributed by atoms with Crippen molar-refractivity contribution in [2.45, 2.75) is 37.8 Å².